The first kappa shape index (κ1) is 18.7. The Morgan fingerprint density at radius 3 is 2.75 bits per heavy atom. The van der Waals surface area contributed by atoms with Crippen molar-refractivity contribution in [3.05, 3.63) is 45.0 Å². The van der Waals surface area contributed by atoms with Gasteiger partial charge in [-0.05, 0) is 57.2 Å². The van der Waals surface area contributed by atoms with Gasteiger partial charge in [0.05, 0.1) is 12.4 Å². The average Bonchev–Trinajstić information content (AvgIpc) is 3.31. The van der Waals surface area contributed by atoms with Crippen LogP contribution in [0.15, 0.2) is 26.0 Å². The Morgan fingerprint density at radius 2 is 2.00 bits per heavy atom. The van der Waals surface area contributed by atoms with E-state index in [4.69, 9.17) is 13.6 Å². The SMILES string of the molecule is Cc1coc2c(C)c3oc(=O)c(CCC(=O)NC[C@H]4CCCO4)c(C)c3cc12. The molecule has 28 heavy (non-hydrogen) atoms. The highest BCUT2D eigenvalue weighted by Gasteiger charge is 2.19. The van der Waals surface area contributed by atoms with Crippen LogP contribution < -0.4 is 10.9 Å². The molecular weight excluding hydrogens is 358 g/mol. The van der Waals surface area contributed by atoms with E-state index in [1.54, 1.807) is 6.26 Å². The number of rotatable bonds is 5. The summed E-state index contributed by atoms with van der Waals surface area (Å²) in [7, 11) is 0. The van der Waals surface area contributed by atoms with Crippen LogP contribution in [-0.4, -0.2) is 25.2 Å². The fourth-order valence-corrected chi connectivity index (χ4v) is 3.97. The van der Waals surface area contributed by atoms with Crippen LogP contribution in [-0.2, 0) is 16.0 Å². The van der Waals surface area contributed by atoms with E-state index in [0.29, 0.717) is 24.1 Å². The Hall–Kier alpha value is -2.60. The Kier molecular flexibility index (Phi) is 4.98. The van der Waals surface area contributed by atoms with Crippen LogP contribution in [0.4, 0.5) is 0 Å². The lowest BCUT2D eigenvalue weighted by Gasteiger charge is -2.12. The molecule has 148 valence electrons. The second-order valence-electron chi connectivity index (χ2n) is 7.61. The van der Waals surface area contributed by atoms with Gasteiger partial charge in [0.25, 0.3) is 0 Å². The molecule has 0 aliphatic carbocycles. The maximum absolute atomic E-state index is 12.6. The number of hydrogen-bond donors (Lipinski definition) is 1. The number of ether oxygens (including phenoxy) is 1. The van der Waals surface area contributed by atoms with Gasteiger partial charge >= 0.3 is 5.63 Å². The van der Waals surface area contributed by atoms with Gasteiger partial charge < -0.3 is 18.9 Å². The minimum absolute atomic E-state index is 0.0771. The number of carbonyl (C=O) groups is 1. The van der Waals surface area contributed by atoms with E-state index in [0.717, 1.165) is 52.5 Å². The van der Waals surface area contributed by atoms with Crippen LogP contribution in [0.2, 0.25) is 0 Å². The summed E-state index contributed by atoms with van der Waals surface area (Å²) in [4.78, 5) is 24.8. The standard InChI is InChI=1S/C22H25NO5/c1-12-11-27-20-14(3)21-18(9-17(12)20)13(2)16(22(25)28-21)6-7-19(24)23-10-15-5-4-8-26-15/h9,11,15H,4-8,10H2,1-3H3,(H,23,24)/t15-/m1/s1. The predicted molar refractivity (Wildman–Crippen MR) is 107 cm³/mol. The highest BCUT2D eigenvalue weighted by atomic mass is 16.5. The summed E-state index contributed by atoms with van der Waals surface area (Å²) in [5, 5.41) is 4.81. The molecule has 3 heterocycles. The Bertz CT molecular complexity index is 1100. The van der Waals surface area contributed by atoms with Crippen molar-refractivity contribution in [2.24, 2.45) is 0 Å². The summed E-state index contributed by atoms with van der Waals surface area (Å²) in [6.45, 7) is 7.10. The Morgan fingerprint density at radius 1 is 1.18 bits per heavy atom. The third-order valence-corrected chi connectivity index (χ3v) is 5.69. The summed E-state index contributed by atoms with van der Waals surface area (Å²) in [5.74, 6) is -0.0771. The van der Waals surface area contributed by atoms with Gasteiger partial charge in [-0.15, -0.1) is 0 Å². The number of hydrogen-bond acceptors (Lipinski definition) is 5. The summed E-state index contributed by atoms with van der Waals surface area (Å²) in [6, 6.07) is 2.01. The van der Waals surface area contributed by atoms with E-state index in [9.17, 15) is 9.59 Å². The topological polar surface area (TPSA) is 81.7 Å². The number of benzene rings is 1. The van der Waals surface area contributed by atoms with E-state index in [2.05, 4.69) is 5.32 Å². The monoisotopic (exact) mass is 383 g/mol. The summed E-state index contributed by atoms with van der Waals surface area (Å²) in [6.07, 6.45) is 4.44. The molecule has 1 aliphatic heterocycles. The largest absolute Gasteiger partial charge is 0.464 e. The van der Waals surface area contributed by atoms with E-state index in [-0.39, 0.29) is 24.1 Å². The first-order valence-corrected chi connectivity index (χ1v) is 9.77. The van der Waals surface area contributed by atoms with E-state index in [1.807, 2.05) is 26.8 Å². The van der Waals surface area contributed by atoms with Crippen LogP contribution >= 0.6 is 0 Å². The zero-order chi connectivity index (χ0) is 19.8. The number of fused-ring (bicyclic) bond motifs is 2. The van der Waals surface area contributed by atoms with Crippen molar-refractivity contribution in [3.8, 4) is 0 Å². The molecule has 2 aromatic heterocycles. The number of aryl methyl sites for hydroxylation is 3. The van der Waals surface area contributed by atoms with Crippen molar-refractivity contribution >= 4 is 27.8 Å². The number of amides is 1. The fourth-order valence-electron chi connectivity index (χ4n) is 3.97. The molecule has 1 N–H and O–H groups in total. The van der Waals surface area contributed by atoms with Gasteiger partial charge in [-0.25, -0.2) is 4.79 Å². The lowest BCUT2D eigenvalue weighted by molar-refractivity contribution is -0.121. The molecule has 0 radical (unpaired) electrons. The number of carbonyl (C=O) groups excluding carboxylic acids is 1. The highest BCUT2D eigenvalue weighted by molar-refractivity contribution is 5.99. The molecule has 1 saturated heterocycles. The van der Waals surface area contributed by atoms with Gasteiger partial charge in [0.2, 0.25) is 5.91 Å². The van der Waals surface area contributed by atoms with Crippen molar-refractivity contribution in [3.63, 3.8) is 0 Å². The van der Waals surface area contributed by atoms with Crippen LogP contribution in [0.5, 0.6) is 0 Å². The molecule has 6 heteroatoms. The van der Waals surface area contributed by atoms with Crippen LogP contribution in [0.25, 0.3) is 21.9 Å². The molecule has 6 nitrogen and oxygen atoms in total. The maximum Gasteiger partial charge on any atom is 0.339 e. The predicted octanol–water partition coefficient (Wildman–Crippen LogP) is 3.69. The smallest absolute Gasteiger partial charge is 0.339 e. The molecule has 0 unspecified atom stereocenters. The van der Waals surface area contributed by atoms with Crippen LogP contribution in [0.1, 0.15) is 41.5 Å². The van der Waals surface area contributed by atoms with E-state index >= 15 is 0 Å². The van der Waals surface area contributed by atoms with Gasteiger partial charge in [0.1, 0.15) is 11.2 Å². The van der Waals surface area contributed by atoms with E-state index < -0.39 is 0 Å². The van der Waals surface area contributed by atoms with Crippen molar-refractivity contribution in [2.75, 3.05) is 13.2 Å². The lowest BCUT2D eigenvalue weighted by atomic mass is 9.98. The molecule has 1 amide bonds. The normalized spacial score (nSPS) is 16.9. The summed E-state index contributed by atoms with van der Waals surface area (Å²) >= 11 is 0. The van der Waals surface area contributed by atoms with Gasteiger partial charge in [-0.1, -0.05) is 0 Å². The average molecular weight is 383 g/mol. The molecule has 1 atom stereocenters. The molecule has 0 spiro atoms. The molecule has 3 aromatic rings. The fraction of sp³-hybridized carbons (Fsp3) is 0.455. The van der Waals surface area contributed by atoms with Crippen molar-refractivity contribution < 1.29 is 18.4 Å². The first-order chi connectivity index (χ1) is 13.5. The van der Waals surface area contributed by atoms with E-state index in [1.165, 1.54) is 0 Å². The van der Waals surface area contributed by atoms with Gasteiger partial charge in [-0.3, -0.25) is 4.79 Å². The van der Waals surface area contributed by atoms with Gasteiger partial charge in [0.15, 0.2) is 0 Å². The highest BCUT2D eigenvalue weighted by Crippen LogP contribution is 2.32. The molecule has 1 fully saturated rings. The second kappa shape index (κ2) is 7.43. The Balaban J connectivity index is 1.58. The lowest BCUT2D eigenvalue weighted by Crippen LogP contribution is -2.32. The molecule has 1 aromatic carbocycles. The zero-order valence-corrected chi connectivity index (χ0v) is 16.5. The third-order valence-electron chi connectivity index (χ3n) is 5.69. The quantitative estimate of drug-likeness (QED) is 0.680. The van der Waals surface area contributed by atoms with Crippen molar-refractivity contribution in [1.82, 2.24) is 5.32 Å². The third kappa shape index (κ3) is 3.33. The maximum atomic E-state index is 12.6. The van der Waals surface area contributed by atoms with Gasteiger partial charge in [0, 0.05) is 41.5 Å². The number of nitrogens with one attached hydrogen (secondary N) is 1. The van der Waals surface area contributed by atoms with Crippen molar-refractivity contribution in [2.45, 2.75) is 52.6 Å². The van der Waals surface area contributed by atoms with Crippen LogP contribution in [0.3, 0.4) is 0 Å². The zero-order valence-electron chi connectivity index (χ0n) is 16.5. The molecular formula is C22H25NO5. The van der Waals surface area contributed by atoms with Crippen molar-refractivity contribution in [1.29, 1.82) is 0 Å². The summed E-state index contributed by atoms with van der Waals surface area (Å²) < 4.78 is 16.8. The molecule has 4 rings (SSSR count). The first-order valence-electron chi connectivity index (χ1n) is 9.77. The van der Waals surface area contributed by atoms with Gasteiger partial charge in [-0.2, -0.15) is 0 Å². The van der Waals surface area contributed by atoms with Crippen LogP contribution in [0, 0.1) is 20.8 Å². The molecule has 1 aliphatic rings. The minimum Gasteiger partial charge on any atom is -0.464 e. The Labute approximate surface area is 162 Å². The molecule has 0 bridgehead atoms. The minimum atomic E-state index is -0.386. The second-order valence-corrected chi connectivity index (χ2v) is 7.61. The molecule has 0 saturated carbocycles. The number of furan rings is 1. The summed E-state index contributed by atoms with van der Waals surface area (Å²) in [5.41, 5.74) is 4.19.